The van der Waals surface area contributed by atoms with Crippen molar-refractivity contribution in [3.05, 3.63) is 58.9 Å². The molecule has 0 aliphatic heterocycles. The Morgan fingerprint density at radius 1 is 1.24 bits per heavy atom. The molecule has 0 fully saturated rings. The van der Waals surface area contributed by atoms with Crippen LogP contribution in [0.2, 0.25) is 0 Å². The molecule has 0 bridgehead atoms. The Morgan fingerprint density at radius 2 is 2.00 bits per heavy atom. The van der Waals surface area contributed by atoms with Crippen LogP contribution in [0, 0.1) is 13.8 Å². The zero-order valence-electron chi connectivity index (χ0n) is 14.0. The molecule has 0 saturated heterocycles. The number of carboxylic acid groups (broad SMARTS) is 1. The lowest BCUT2D eigenvalue weighted by Gasteiger charge is -2.13. The third kappa shape index (κ3) is 5.29. The lowest BCUT2D eigenvalue weighted by molar-refractivity contribution is 0.0694. The number of benzene rings is 1. The Bertz CT molecular complexity index is 776. The first-order chi connectivity index (χ1) is 11.9. The van der Waals surface area contributed by atoms with Crippen LogP contribution in [0.5, 0.6) is 5.75 Å². The van der Waals surface area contributed by atoms with E-state index in [9.17, 15) is 14.7 Å². The number of carbonyl (C=O) groups is 2. The summed E-state index contributed by atoms with van der Waals surface area (Å²) in [7, 11) is 0. The largest absolute Gasteiger partial charge is 0.491 e. The summed E-state index contributed by atoms with van der Waals surface area (Å²) >= 11 is 0. The standard InChI is InChI=1S/C18H20N2O5/c1-11-4-3-5-14(8-11)25-10-13(21)9-19-17(22)16-7-6-15(18(23)24)12(2)20-16/h3-8,13,21H,9-10H2,1-2H3,(H,19,22)(H,23,24). The number of ether oxygens (including phenoxy) is 1. The van der Waals surface area contributed by atoms with E-state index in [0.717, 1.165) is 5.56 Å². The predicted molar refractivity (Wildman–Crippen MR) is 90.9 cm³/mol. The van der Waals surface area contributed by atoms with Gasteiger partial charge in [-0.3, -0.25) is 4.79 Å². The molecular weight excluding hydrogens is 324 g/mol. The summed E-state index contributed by atoms with van der Waals surface area (Å²) in [5.41, 5.74) is 1.44. The molecule has 0 aliphatic rings. The van der Waals surface area contributed by atoms with E-state index in [4.69, 9.17) is 9.84 Å². The second kappa shape index (κ2) is 8.25. The van der Waals surface area contributed by atoms with Gasteiger partial charge in [-0.1, -0.05) is 12.1 Å². The molecule has 132 valence electrons. The van der Waals surface area contributed by atoms with E-state index in [1.807, 2.05) is 25.1 Å². The first-order valence-corrected chi connectivity index (χ1v) is 7.73. The van der Waals surface area contributed by atoms with Crippen LogP contribution in [0.25, 0.3) is 0 Å². The van der Waals surface area contributed by atoms with E-state index in [1.165, 1.54) is 19.1 Å². The van der Waals surface area contributed by atoms with Crippen molar-refractivity contribution in [2.45, 2.75) is 20.0 Å². The number of amides is 1. The van der Waals surface area contributed by atoms with E-state index in [-0.39, 0.29) is 30.1 Å². The van der Waals surface area contributed by atoms with Crippen molar-refractivity contribution in [3.8, 4) is 5.75 Å². The molecule has 1 unspecified atom stereocenters. The maximum atomic E-state index is 12.0. The number of aliphatic hydroxyl groups is 1. The minimum Gasteiger partial charge on any atom is -0.491 e. The maximum absolute atomic E-state index is 12.0. The van der Waals surface area contributed by atoms with Gasteiger partial charge in [0.2, 0.25) is 0 Å². The smallest absolute Gasteiger partial charge is 0.337 e. The van der Waals surface area contributed by atoms with Crippen LogP contribution in [0.15, 0.2) is 36.4 Å². The zero-order chi connectivity index (χ0) is 18.4. The molecule has 3 N–H and O–H groups in total. The number of carboxylic acids is 1. The average Bonchev–Trinajstić information content (AvgIpc) is 2.57. The van der Waals surface area contributed by atoms with Gasteiger partial charge >= 0.3 is 5.97 Å². The number of nitrogens with one attached hydrogen (secondary N) is 1. The molecule has 0 aliphatic carbocycles. The minimum atomic E-state index is -1.10. The van der Waals surface area contributed by atoms with Gasteiger partial charge < -0.3 is 20.3 Å². The highest BCUT2D eigenvalue weighted by Crippen LogP contribution is 2.12. The number of rotatable bonds is 7. The van der Waals surface area contributed by atoms with E-state index >= 15 is 0 Å². The Labute approximate surface area is 145 Å². The second-order valence-corrected chi connectivity index (χ2v) is 5.63. The Morgan fingerprint density at radius 3 is 2.64 bits per heavy atom. The second-order valence-electron chi connectivity index (χ2n) is 5.63. The van der Waals surface area contributed by atoms with Crippen molar-refractivity contribution < 1.29 is 24.5 Å². The molecule has 1 amide bonds. The zero-order valence-corrected chi connectivity index (χ0v) is 14.0. The van der Waals surface area contributed by atoms with Crippen LogP contribution in [0.3, 0.4) is 0 Å². The molecule has 1 atom stereocenters. The molecular formula is C18H20N2O5. The van der Waals surface area contributed by atoms with E-state index in [0.29, 0.717) is 5.75 Å². The topological polar surface area (TPSA) is 109 Å². The van der Waals surface area contributed by atoms with Crippen LogP contribution in [0.4, 0.5) is 0 Å². The third-order valence-electron chi connectivity index (χ3n) is 3.48. The van der Waals surface area contributed by atoms with Gasteiger partial charge in [0.05, 0.1) is 11.3 Å². The van der Waals surface area contributed by atoms with Crippen molar-refractivity contribution >= 4 is 11.9 Å². The lowest BCUT2D eigenvalue weighted by Crippen LogP contribution is -2.35. The monoisotopic (exact) mass is 344 g/mol. The number of hydrogen-bond acceptors (Lipinski definition) is 5. The normalized spacial score (nSPS) is 11.6. The summed E-state index contributed by atoms with van der Waals surface area (Å²) in [5, 5.41) is 21.4. The molecule has 2 aromatic rings. The summed E-state index contributed by atoms with van der Waals surface area (Å²) in [5.74, 6) is -0.942. The molecule has 7 nitrogen and oxygen atoms in total. The van der Waals surface area contributed by atoms with Crippen LogP contribution in [-0.2, 0) is 0 Å². The van der Waals surface area contributed by atoms with E-state index in [1.54, 1.807) is 6.07 Å². The highest BCUT2D eigenvalue weighted by atomic mass is 16.5. The lowest BCUT2D eigenvalue weighted by atomic mass is 10.2. The summed E-state index contributed by atoms with van der Waals surface area (Å²) in [6.45, 7) is 3.49. The number of aromatic nitrogens is 1. The van der Waals surface area contributed by atoms with Gasteiger partial charge in [0.25, 0.3) is 5.91 Å². The quantitative estimate of drug-likeness (QED) is 0.703. The maximum Gasteiger partial charge on any atom is 0.337 e. The van der Waals surface area contributed by atoms with Crippen LogP contribution >= 0.6 is 0 Å². The van der Waals surface area contributed by atoms with Crippen molar-refractivity contribution in [2.75, 3.05) is 13.2 Å². The molecule has 1 heterocycles. The average molecular weight is 344 g/mol. The first-order valence-electron chi connectivity index (χ1n) is 7.73. The van der Waals surface area contributed by atoms with Crippen molar-refractivity contribution in [1.82, 2.24) is 10.3 Å². The van der Waals surface area contributed by atoms with Gasteiger partial charge in [0, 0.05) is 6.54 Å². The van der Waals surface area contributed by atoms with Crippen LogP contribution in [-0.4, -0.2) is 46.3 Å². The Balaban J connectivity index is 1.84. The molecule has 0 saturated carbocycles. The van der Waals surface area contributed by atoms with Crippen LogP contribution in [0.1, 0.15) is 32.1 Å². The highest BCUT2D eigenvalue weighted by Gasteiger charge is 2.14. The summed E-state index contributed by atoms with van der Waals surface area (Å²) in [4.78, 5) is 26.9. The van der Waals surface area contributed by atoms with Gasteiger partial charge in [-0.05, 0) is 43.7 Å². The van der Waals surface area contributed by atoms with E-state index in [2.05, 4.69) is 10.3 Å². The number of aliphatic hydroxyl groups excluding tert-OH is 1. The molecule has 1 aromatic carbocycles. The SMILES string of the molecule is Cc1cccc(OCC(O)CNC(=O)c2ccc(C(=O)O)c(C)n2)c1. The molecule has 1 aromatic heterocycles. The fraction of sp³-hybridized carbons (Fsp3) is 0.278. The fourth-order valence-electron chi connectivity index (χ4n) is 2.17. The van der Waals surface area contributed by atoms with Crippen LogP contribution < -0.4 is 10.1 Å². The first kappa shape index (κ1) is 18.4. The van der Waals surface area contributed by atoms with Crippen molar-refractivity contribution in [1.29, 1.82) is 0 Å². The summed E-state index contributed by atoms with van der Waals surface area (Å²) in [6, 6.07) is 10.1. The summed E-state index contributed by atoms with van der Waals surface area (Å²) in [6.07, 6.45) is -0.885. The number of carbonyl (C=O) groups excluding carboxylic acids is 1. The number of nitrogens with zero attached hydrogens (tertiary/aromatic N) is 1. The van der Waals surface area contributed by atoms with Gasteiger partial charge in [-0.2, -0.15) is 0 Å². The van der Waals surface area contributed by atoms with Gasteiger partial charge in [-0.25, -0.2) is 9.78 Å². The van der Waals surface area contributed by atoms with E-state index < -0.39 is 18.0 Å². The number of pyridine rings is 1. The van der Waals surface area contributed by atoms with Gasteiger partial charge in [0.1, 0.15) is 24.2 Å². The third-order valence-corrected chi connectivity index (χ3v) is 3.48. The van der Waals surface area contributed by atoms with Crippen molar-refractivity contribution in [3.63, 3.8) is 0 Å². The molecule has 0 spiro atoms. The molecule has 2 rings (SSSR count). The number of hydrogen-bond donors (Lipinski definition) is 3. The summed E-state index contributed by atoms with van der Waals surface area (Å²) < 4.78 is 5.47. The molecule has 25 heavy (non-hydrogen) atoms. The van der Waals surface area contributed by atoms with Gasteiger partial charge in [-0.15, -0.1) is 0 Å². The fourth-order valence-corrected chi connectivity index (χ4v) is 2.17. The highest BCUT2D eigenvalue weighted by molar-refractivity contribution is 5.94. The van der Waals surface area contributed by atoms with Gasteiger partial charge in [0.15, 0.2) is 0 Å². The molecule has 0 radical (unpaired) electrons. The minimum absolute atomic E-state index is 0.00788. The Hall–Kier alpha value is -2.93. The number of aromatic carboxylic acids is 1. The number of aryl methyl sites for hydroxylation is 2. The predicted octanol–water partition coefficient (Wildman–Crippen LogP) is 1.57. The molecule has 7 heteroatoms. The van der Waals surface area contributed by atoms with Crippen molar-refractivity contribution in [2.24, 2.45) is 0 Å². The Kier molecular flexibility index (Phi) is 6.08.